The third kappa shape index (κ3) is 3.00. The van der Waals surface area contributed by atoms with Gasteiger partial charge in [0.2, 0.25) is 5.91 Å². The molecule has 0 aliphatic carbocycles. The minimum atomic E-state index is 0.238. The molecule has 0 saturated carbocycles. The van der Waals surface area contributed by atoms with Gasteiger partial charge in [-0.3, -0.25) is 4.79 Å². The van der Waals surface area contributed by atoms with Crippen molar-refractivity contribution in [1.29, 1.82) is 0 Å². The molecular formula is C13H16BrNO2. The third-order valence-electron chi connectivity index (χ3n) is 3.01. The summed E-state index contributed by atoms with van der Waals surface area (Å²) in [6.07, 6.45) is 1.46. The zero-order valence-electron chi connectivity index (χ0n) is 9.86. The zero-order chi connectivity index (χ0) is 12.3. The number of carbonyl (C=O) groups is 1. The number of rotatable bonds is 4. The lowest BCUT2D eigenvalue weighted by Gasteiger charge is -2.16. The monoisotopic (exact) mass is 297 g/mol. The van der Waals surface area contributed by atoms with Crippen LogP contribution in [0.1, 0.15) is 12.0 Å². The van der Waals surface area contributed by atoms with E-state index < -0.39 is 0 Å². The molecule has 1 aromatic carbocycles. The molecule has 0 bridgehead atoms. The molecule has 3 nitrogen and oxygen atoms in total. The van der Waals surface area contributed by atoms with Crippen molar-refractivity contribution >= 4 is 21.8 Å². The Morgan fingerprint density at radius 3 is 2.88 bits per heavy atom. The molecule has 1 aliphatic heterocycles. The van der Waals surface area contributed by atoms with E-state index in [1.807, 2.05) is 29.2 Å². The van der Waals surface area contributed by atoms with Gasteiger partial charge in [0, 0.05) is 24.3 Å². The quantitative estimate of drug-likeness (QED) is 0.798. The summed E-state index contributed by atoms with van der Waals surface area (Å²) in [4.78, 5) is 13.8. The summed E-state index contributed by atoms with van der Waals surface area (Å²) in [5, 5.41) is 0. The van der Waals surface area contributed by atoms with Gasteiger partial charge in [0.25, 0.3) is 0 Å². The molecule has 1 aromatic rings. The highest BCUT2D eigenvalue weighted by Gasteiger charge is 2.27. The minimum Gasteiger partial charge on any atom is -0.496 e. The van der Waals surface area contributed by atoms with Crippen molar-refractivity contribution in [2.24, 2.45) is 0 Å². The van der Waals surface area contributed by atoms with E-state index in [4.69, 9.17) is 4.74 Å². The van der Waals surface area contributed by atoms with E-state index in [1.54, 1.807) is 7.11 Å². The molecule has 1 heterocycles. The highest BCUT2D eigenvalue weighted by molar-refractivity contribution is 9.09. The summed E-state index contributed by atoms with van der Waals surface area (Å²) in [5.74, 6) is 1.14. The zero-order valence-corrected chi connectivity index (χ0v) is 11.4. The first-order chi connectivity index (χ1) is 8.20. The fraction of sp³-hybridized carbons (Fsp3) is 0.462. The highest BCUT2D eigenvalue weighted by atomic mass is 79.9. The van der Waals surface area contributed by atoms with Gasteiger partial charge in [-0.1, -0.05) is 34.1 Å². The number of carbonyl (C=O) groups excluding carboxylic acids is 1. The summed E-state index contributed by atoms with van der Waals surface area (Å²) in [7, 11) is 1.67. The van der Waals surface area contributed by atoms with E-state index >= 15 is 0 Å². The van der Waals surface area contributed by atoms with Gasteiger partial charge < -0.3 is 9.64 Å². The molecule has 92 valence electrons. The average molecular weight is 298 g/mol. The number of methoxy groups -OCH3 is 1. The Morgan fingerprint density at radius 2 is 2.24 bits per heavy atom. The number of hydrogen-bond acceptors (Lipinski definition) is 2. The molecule has 0 radical (unpaired) electrons. The number of alkyl halides is 1. The molecule has 1 fully saturated rings. The molecule has 1 amide bonds. The van der Waals surface area contributed by atoms with E-state index in [0.717, 1.165) is 30.8 Å². The van der Waals surface area contributed by atoms with Crippen molar-refractivity contribution < 1.29 is 9.53 Å². The molecule has 0 N–H and O–H groups in total. The van der Waals surface area contributed by atoms with Gasteiger partial charge in [-0.15, -0.1) is 0 Å². The largest absolute Gasteiger partial charge is 0.496 e. The van der Waals surface area contributed by atoms with Crippen LogP contribution in [0.25, 0.3) is 0 Å². The molecule has 1 saturated heterocycles. The van der Waals surface area contributed by atoms with Crippen LogP contribution in [0.3, 0.4) is 0 Å². The summed E-state index contributed by atoms with van der Waals surface area (Å²) in [6, 6.07) is 7.95. The van der Waals surface area contributed by atoms with Gasteiger partial charge in [-0.05, 0) is 18.1 Å². The van der Waals surface area contributed by atoms with Crippen LogP contribution in [0.2, 0.25) is 0 Å². The minimum absolute atomic E-state index is 0.238. The molecule has 17 heavy (non-hydrogen) atoms. The molecule has 4 heteroatoms. The van der Waals surface area contributed by atoms with Crippen LogP contribution in [0.15, 0.2) is 24.3 Å². The number of benzene rings is 1. The number of likely N-dealkylation sites (tertiary alicyclic amines) is 1. The van der Waals surface area contributed by atoms with Crippen molar-refractivity contribution in [2.45, 2.75) is 17.7 Å². The van der Waals surface area contributed by atoms with E-state index in [0.29, 0.717) is 11.2 Å². The van der Waals surface area contributed by atoms with E-state index in [2.05, 4.69) is 15.9 Å². The molecule has 2 rings (SSSR count). The van der Waals surface area contributed by atoms with Gasteiger partial charge in [0.1, 0.15) is 5.75 Å². The van der Waals surface area contributed by atoms with Crippen LogP contribution in [0.4, 0.5) is 0 Å². The fourth-order valence-corrected chi connectivity index (χ4v) is 2.73. The van der Waals surface area contributed by atoms with E-state index in [1.165, 1.54) is 0 Å². The molecule has 1 atom stereocenters. The Hall–Kier alpha value is -1.03. The predicted molar refractivity (Wildman–Crippen MR) is 70.6 cm³/mol. The Morgan fingerprint density at radius 1 is 1.47 bits per heavy atom. The average Bonchev–Trinajstić information content (AvgIpc) is 2.65. The topological polar surface area (TPSA) is 29.5 Å². The molecular weight excluding hydrogens is 282 g/mol. The van der Waals surface area contributed by atoms with Crippen molar-refractivity contribution in [3.8, 4) is 5.75 Å². The van der Waals surface area contributed by atoms with Crippen LogP contribution in [0, 0.1) is 0 Å². The van der Waals surface area contributed by atoms with Crippen molar-refractivity contribution in [2.75, 3.05) is 20.2 Å². The predicted octanol–water partition coefficient (Wildman–Crippen LogP) is 2.23. The normalized spacial score (nSPS) is 19.8. The number of amides is 1. The number of para-hydroxylation sites is 1. The maximum Gasteiger partial charge on any atom is 0.223 e. The van der Waals surface area contributed by atoms with Gasteiger partial charge in [0.15, 0.2) is 0 Å². The van der Waals surface area contributed by atoms with Gasteiger partial charge in [0.05, 0.1) is 7.11 Å². The third-order valence-corrected chi connectivity index (χ3v) is 3.62. The van der Waals surface area contributed by atoms with Crippen LogP contribution >= 0.6 is 15.9 Å². The summed E-state index contributed by atoms with van der Waals surface area (Å²) >= 11 is 3.49. The maximum atomic E-state index is 11.6. The molecule has 1 unspecified atom stereocenters. The van der Waals surface area contributed by atoms with Crippen molar-refractivity contribution in [1.82, 2.24) is 4.90 Å². The smallest absolute Gasteiger partial charge is 0.223 e. The SMILES string of the molecule is COc1ccccc1CCN1CC(Br)CC1=O. The Kier molecular flexibility index (Phi) is 4.05. The second-order valence-electron chi connectivity index (χ2n) is 4.20. The molecule has 1 aliphatic rings. The van der Waals surface area contributed by atoms with Crippen LogP contribution in [-0.2, 0) is 11.2 Å². The number of halogens is 1. The van der Waals surface area contributed by atoms with Crippen LogP contribution in [-0.4, -0.2) is 35.8 Å². The van der Waals surface area contributed by atoms with Gasteiger partial charge in [-0.25, -0.2) is 0 Å². The van der Waals surface area contributed by atoms with Crippen LogP contribution < -0.4 is 4.74 Å². The first-order valence-electron chi connectivity index (χ1n) is 5.74. The summed E-state index contributed by atoms with van der Waals surface area (Å²) in [5.41, 5.74) is 1.15. The van der Waals surface area contributed by atoms with Gasteiger partial charge in [-0.2, -0.15) is 0 Å². The van der Waals surface area contributed by atoms with Crippen molar-refractivity contribution in [3.05, 3.63) is 29.8 Å². The number of nitrogens with zero attached hydrogens (tertiary/aromatic N) is 1. The van der Waals surface area contributed by atoms with Crippen LogP contribution in [0.5, 0.6) is 5.75 Å². The second-order valence-corrected chi connectivity index (χ2v) is 5.50. The van der Waals surface area contributed by atoms with E-state index in [9.17, 15) is 4.79 Å². The maximum absolute atomic E-state index is 11.6. The number of hydrogen-bond donors (Lipinski definition) is 0. The Labute approximate surface area is 110 Å². The molecule has 0 spiro atoms. The molecule has 0 aromatic heterocycles. The second kappa shape index (κ2) is 5.54. The van der Waals surface area contributed by atoms with Crippen molar-refractivity contribution in [3.63, 3.8) is 0 Å². The van der Waals surface area contributed by atoms with E-state index in [-0.39, 0.29) is 5.91 Å². The summed E-state index contributed by atoms with van der Waals surface area (Å²) in [6.45, 7) is 1.58. The first-order valence-corrected chi connectivity index (χ1v) is 6.66. The lowest BCUT2D eigenvalue weighted by Crippen LogP contribution is -2.27. The lowest BCUT2D eigenvalue weighted by atomic mass is 10.1. The summed E-state index contributed by atoms with van der Waals surface area (Å²) < 4.78 is 5.30. The fourth-order valence-electron chi connectivity index (χ4n) is 2.10. The number of ether oxygens (including phenoxy) is 1. The standard InChI is InChI=1S/C13H16BrNO2/c1-17-12-5-3-2-4-10(12)6-7-15-9-11(14)8-13(15)16/h2-5,11H,6-9H2,1H3. The van der Waals surface area contributed by atoms with Gasteiger partial charge >= 0.3 is 0 Å². The highest BCUT2D eigenvalue weighted by Crippen LogP contribution is 2.21. The first kappa shape index (κ1) is 12.4. The lowest BCUT2D eigenvalue weighted by molar-refractivity contribution is -0.127. The Balaban J connectivity index is 1.96. The Bertz CT molecular complexity index is 408.